The van der Waals surface area contributed by atoms with Gasteiger partial charge in [-0.25, -0.2) is 15.0 Å². The van der Waals surface area contributed by atoms with Crippen LogP contribution in [0.15, 0.2) is 12.3 Å². The van der Waals surface area contributed by atoms with Crippen LogP contribution in [0.3, 0.4) is 0 Å². The Labute approximate surface area is 142 Å². The third kappa shape index (κ3) is 3.92. The predicted octanol–water partition coefficient (Wildman–Crippen LogP) is 1.29. The van der Waals surface area contributed by atoms with Gasteiger partial charge in [0.2, 0.25) is 0 Å². The molecule has 2 N–H and O–H groups in total. The van der Waals surface area contributed by atoms with E-state index in [1.54, 1.807) is 12.5 Å². The molecular weight excluding hydrogens is 334 g/mol. The minimum atomic E-state index is -0.968. The van der Waals surface area contributed by atoms with Crippen LogP contribution in [0.4, 0.5) is 10.9 Å². The van der Waals surface area contributed by atoms with Crippen molar-refractivity contribution in [3.8, 4) is 10.7 Å². The lowest BCUT2D eigenvalue weighted by Gasteiger charge is -2.34. The van der Waals surface area contributed by atoms with Gasteiger partial charge < -0.3 is 19.9 Å². The molecule has 2 aromatic rings. The first-order valence-electron chi connectivity index (χ1n) is 7.27. The van der Waals surface area contributed by atoms with Crippen LogP contribution in [0.2, 0.25) is 0 Å². The molecule has 0 spiro atoms. The Morgan fingerprint density at radius 1 is 1.52 bits per heavy atom. The third-order valence-corrected chi connectivity index (χ3v) is 5.05. The summed E-state index contributed by atoms with van der Waals surface area (Å²) in [5.41, 5.74) is 6.47. The maximum absolute atomic E-state index is 11.6. The Bertz CT molecular complexity index is 679. The fourth-order valence-electron chi connectivity index (χ4n) is 2.48. The molecule has 23 heavy (non-hydrogen) atoms. The lowest BCUT2D eigenvalue weighted by Crippen LogP contribution is -2.44. The molecule has 124 valence electrons. The smallest absolute Gasteiger partial charge is 0.180 e. The van der Waals surface area contributed by atoms with Gasteiger partial charge in [0.1, 0.15) is 11.6 Å². The van der Waals surface area contributed by atoms with Crippen molar-refractivity contribution in [3.63, 3.8) is 0 Å². The molecule has 1 aliphatic rings. The Hall–Kier alpha value is -1.42. The quantitative estimate of drug-likeness (QED) is 0.827. The van der Waals surface area contributed by atoms with Gasteiger partial charge in [0.25, 0.3) is 0 Å². The molecule has 0 amide bonds. The normalized spacial score (nSPS) is 19.8. The van der Waals surface area contributed by atoms with E-state index in [0.29, 0.717) is 29.9 Å². The average molecular weight is 353 g/mol. The summed E-state index contributed by atoms with van der Waals surface area (Å²) in [5.74, 6) is 1.81. The van der Waals surface area contributed by atoms with E-state index in [9.17, 15) is 4.55 Å². The zero-order valence-corrected chi connectivity index (χ0v) is 14.7. The highest BCUT2D eigenvalue weighted by Gasteiger charge is 2.22. The van der Waals surface area contributed by atoms with Crippen molar-refractivity contribution >= 4 is 33.5 Å². The first-order valence-corrected chi connectivity index (χ1v) is 9.81. The van der Waals surface area contributed by atoms with E-state index in [1.807, 2.05) is 6.07 Å². The van der Waals surface area contributed by atoms with E-state index in [0.717, 1.165) is 22.9 Å². The second kappa shape index (κ2) is 7.00. The SMILES string of the molecule is C[C@H]1COCCN1c1cc(C[S+](C)[O-])nc(-c2cnc(N)s2)n1. The van der Waals surface area contributed by atoms with Crippen LogP contribution in [0.25, 0.3) is 10.7 Å². The summed E-state index contributed by atoms with van der Waals surface area (Å²) in [4.78, 5) is 16.3. The number of hydrogen-bond donors (Lipinski definition) is 1. The molecule has 0 radical (unpaired) electrons. The highest BCUT2D eigenvalue weighted by Crippen LogP contribution is 2.28. The molecule has 1 aliphatic heterocycles. The van der Waals surface area contributed by atoms with Gasteiger partial charge in [0, 0.05) is 12.6 Å². The number of thiazole rings is 1. The van der Waals surface area contributed by atoms with Gasteiger partial charge in [-0.15, -0.1) is 0 Å². The van der Waals surface area contributed by atoms with Crippen LogP contribution in [0.5, 0.6) is 0 Å². The second-order valence-electron chi connectivity index (χ2n) is 5.44. The van der Waals surface area contributed by atoms with Gasteiger partial charge in [-0.05, 0) is 6.92 Å². The largest absolute Gasteiger partial charge is 0.616 e. The van der Waals surface area contributed by atoms with Crippen LogP contribution in [0.1, 0.15) is 12.6 Å². The summed E-state index contributed by atoms with van der Waals surface area (Å²) in [6, 6.07) is 2.15. The molecule has 1 unspecified atom stereocenters. The molecular formula is C14H19N5O2S2. The number of rotatable bonds is 4. The molecule has 7 nitrogen and oxygen atoms in total. The Kier molecular flexibility index (Phi) is 5.00. The molecule has 0 aliphatic carbocycles. The fraction of sp³-hybridized carbons (Fsp3) is 0.500. The number of hydrogen-bond acceptors (Lipinski definition) is 8. The zero-order valence-electron chi connectivity index (χ0n) is 13.1. The minimum absolute atomic E-state index is 0.234. The van der Waals surface area contributed by atoms with E-state index in [4.69, 9.17) is 10.5 Å². The van der Waals surface area contributed by atoms with Crippen LogP contribution in [-0.4, -0.2) is 51.6 Å². The van der Waals surface area contributed by atoms with Crippen molar-refractivity contribution in [2.75, 3.05) is 36.6 Å². The monoisotopic (exact) mass is 353 g/mol. The number of nitrogens with zero attached hydrogens (tertiary/aromatic N) is 4. The van der Waals surface area contributed by atoms with Gasteiger partial charge in [0.15, 0.2) is 11.0 Å². The molecule has 3 heterocycles. The Morgan fingerprint density at radius 2 is 2.35 bits per heavy atom. The van der Waals surface area contributed by atoms with E-state index >= 15 is 0 Å². The molecule has 1 fully saturated rings. The van der Waals surface area contributed by atoms with Gasteiger partial charge in [-0.1, -0.05) is 22.5 Å². The summed E-state index contributed by atoms with van der Waals surface area (Å²) in [7, 11) is 0. The highest BCUT2D eigenvalue weighted by atomic mass is 32.2. The molecule has 2 aromatic heterocycles. The number of aromatic nitrogens is 3. The van der Waals surface area contributed by atoms with Crippen LogP contribution >= 0.6 is 11.3 Å². The zero-order chi connectivity index (χ0) is 16.4. The van der Waals surface area contributed by atoms with Crippen molar-refractivity contribution < 1.29 is 9.29 Å². The number of nitrogens with two attached hydrogens (primary N) is 1. The van der Waals surface area contributed by atoms with Crippen molar-refractivity contribution in [3.05, 3.63) is 18.0 Å². The van der Waals surface area contributed by atoms with Crippen molar-refractivity contribution in [2.24, 2.45) is 0 Å². The topological polar surface area (TPSA) is 100 Å². The minimum Gasteiger partial charge on any atom is -0.616 e. The standard InChI is InChI=1S/C14H19N5O2S2/c1-9-7-21-4-3-19(9)12-5-10(8-23(2)20)17-13(18-12)11-6-16-14(15)22-11/h5-6,9H,3-4,7-8H2,1-2H3,(H2,15,16)/t9-,23?/m0/s1. The van der Waals surface area contributed by atoms with E-state index < -0.39 is 11.2 Å². The Balaban J connectivity index is 2.00. The van der Waals surface area contributed by atoms with E-state index in [1.165, 1.54) is 11.3 Å². The molecule has 2 atom stereocenters. The van der Waals surface area contributed by atoms with Crippen LogP contribution in [-0.2, 0) is 21.7 Å². The summed E-state index contributed by atoms with van der Waals surface area (Å²) in [6.07, 6.45) is 3.35. The molecule has 9 heteroatoms. The number of ether oxygens (including phenoxy) is 1. The lowest BCUT2D eigenvalue weighted by molar-refractivity contribution is 0.0985. The van der Waals surface area contributed by atoms with Gasteiger partial charge >= 0.3 is 0 Å². The molecule has 1 saturated heterocycles. The van der Waals surface area contributed by atoms with Crippen molar-refractivity contribution in [1.29, 1.82) is 0 Å². The van der Waals surface area contributed by atoms with Crippen LogP contribution in [0, 0.1) is 0 Å². The van der Waals surface area contributed by atoms with E-state index in [2.05, 4.69) is 26.8 Å². The summed E-state index contributed by atoms with van der Waals surface area (Å²) in [5, 5.41) is 0.481. The predicted molar refractivity (Wildman–Crippen MR) is 92.9 cm³/mol. The average Bonchev–Trinajstić information content (AvgIpc) is 2.93. The van der Waals surface area contributed by atoms with Gasteiger partial charge in [-0.3, -0.25) is 0 Å². The summed E-state index contributed by atoms with van der Waals surface area (Å²) in [6.45, 7) is 4.22. The van der Waals surface area contributed by atoms with Crippen molar-refractivity contribution in [1.82, 2.24) is 15.0 Å². The molecule has 3 rings (SSSR count). The van der Waals surface area contributed by atoms with Crippen LogP contribution < -0.4 is 10.6 Å². The fourth-order valence-corrected chi connectivity index (χ4v) is 3.66. The maximum Gasteiger partial charge on any atom is 0.180 e. The first-order chi connectivity index (χ1) is 11.0. The third-order valence-electron chi connectivity index (χ3n) is 3.52. The van der Waals surface area contributed by atoms with E-state index in [-0.39, 0.29) is 6.04 Å². The highest BCUT2D eigenvalue weighted by molar-refractivity contribution is 7.89. The number of morpholine rings is 1. The summed E-state index contributed by atoms with van der Waals surface area (Å²) >= 11 is 0.379. The molecule has 0 aromatic carbocycles. The van der Waals surface area contributed by atoms with Crippen molar-refractivity contribution in [2.45, 2.75) is 18.7 Å². The molecule has 0 bridgehead atoms. The first kappa shape index (κ1) is 16.4. The lowest BCUT2D eigenvalue weighted by atomic mass is 10.2. The number of anilines is 2. The van der Waals surface area contributed by atoms with Gasteiger partial charge in [0.05, 0.1) is 42.3 Å². The molecule has 0 saturated carbocycles. The maximum atomic E-state index is 11.6. The van der Waals surface area contributed by atoms with Gasteiger partial charge in [-0.2, -0.15) is 0 Å². The second-order valence-corrected chi connectivity index (χ2v) is 7.94. The summed E-state index contributed by atoms with van der Waals surface area (Å²) < 4.78 is 17.1. The number of nitrogen functional groups attached to an aromatic ring is 1. The Morgan fingerprint density at radius 3 is 3.00 bits per heavy atom.